The van der Waals surface area contributed by atoms with E-state index in [9.17, 15) is 4.57 Å². The van der Waals surface area contributed by atoms with E-state index >= 15 is 4.39 Å². The third-order valence-electron chi connectivity index (χ3n) is 11.0. The van der Waals surface area contributed by atoms with E-state index in [1.54, 1.807) is 0 Å². The van der Waals surface area contributed by atoms with Crippen LogP contribution >= 0.6 is 7.82 Å². The monoisotopic (exact) mass is 844 g/mol. The molecule has 7 atom stereocenters. The Morgan fingerprint density at radius 1 is 0.492 bits per heavy atom. The predicted octanol–water partition coefficient (Wildman–Crippen LogP) is 10.8. The van der Waals surface area contributed by atoms with Gasteiger partial charge in [-0.3, -0.25) is 13.6 Å². The number of rotatable bonds is 22. The van der Waals surface area contributed by atoms with Gasteiger partial charge in [-0.2, -0.15) is 0 Å². The van der Waals surface area contributed by atoms with E-state index in [0.29, 0.717) is 0 Å². The molecule has 1 saturated heterocycles. The van der Waals surface area contributed by atoms with E-state index in [4.69, 9.17) is 37.3 Å². The first-order chi connectivity index (χ1) is 30.0. The topological polar surface area (TPSA) is 90.9 Å². The molecule has 0 bridgehead atoms. The van der Waals surface area contributed by atoms with Crippen LogP contribution in [0, 0.1) is 11.8 Å². The fourth-order valence-corrected chi connectivity index (χ4v) is 9.09. The second-order valence-electron chi connectivity index (χ2n) is 15.1. The third-order valence-corrected chi connectivity index (χ3v) is 12.3. The molecule has 0 N–H and O–H groups in total. The van der Waals surface area contributed by atoms with E-state index in [1.165, 1.54) is 0 Å². The predicted molar refractivity (Wildman–Crippen MR) is 228 cm³/mol. The van der Waals surface area contributed by atoms with Gasteiger partial charge in [-0.05, 0) is 33.4 Å². The van der Waals surface area contributed by atoms with Crippen LogP contribution in [0.5, 0.6) is 0 Å². The quantitative estimate of drug-likeness (QED) is 0.0620. The summed E-state index contributed by atoms with van der Waals surface area (Å²) in [4.78, 5) is 0. The summed E-state index contributed by atoms with van der Waals surface area (Å²) in [6.45, 7) is 0.192. The van der Waals surface area contributed by atoms with Crippen molar-refractivity contribution in [3.05, 3.63) is 215 Å². The van der Waals surface area contributed by atoms with Gasteiger partial charge in [-0.15, -0.1) is 0 Å². The van der Waals surface area contributed by atoms with Crippen LogP contribution in [-0.4, -0.2) is 37.1 Å². The maximum atomic E-state index is 16.3. The lowest BCUT2D eigenvalue weighted by atomic mass is 9.86. The second kappa shape index (κ2) is 20.8. The molecule has 1 heterocycles. The molecule has 1 saturated carbocycles. The van der Waals surface area contributed by atoms with Crippen molar-refractivity contribution in [2.24, 2.45) is 11.8 Å². The number of alkyl halides is 1. The van der Waals surface area contributed by atoms with E-state index in [0.717, 1.165) is 33.4 Å². The number of benzene rings is 6. The molecule has 8 rings (SSSR count). The molecule has 2 aliphatic rings. The molecule has 2 fully saturated rings. The molecule has 0 spiro atoms. The first-order valence-electron chi connectivity index (χ1n) is 20.6. The summed E-state index contributed by atoms with van der Waals surface area (Å²) in [6, 6.07) is 57.5. The van der Waals surface area contributed by atoms with Crippen LogP contribution in [0.4, 0.5) is 4.39 Å². The molecule has 1 aliphatic carbocycles. The van der Waals surface area contributed by atoms with Gasteiger partial charge in [0.15, 0.2) is 5.79 Å². The van der Waals surface area contributed by atoms with Gasteiger partial charge in [0.2, 0.25) is 6.36 Å². The molecule has 6 aromatic rings. The molecule has 61 heavy (non-hydrogen) atoms. The summed E-state index contributed by atoms with van der Waals surface area (Å²) in [5, 5.41) is 0. The highest BCUT2D eigenvalue weighted by Gasteiger charge is 2.75. The minimum atomic E-state index is -4.31. The van der Waals surface area contributed by atoms with Crippen LogP contribution in [0.1, 0.15) is 33.4 Å². The molecule has 1 aliphatic heterocycles. The highest BCUT2D eigenvalue weighted by Crippen LogP contribution is 2.60. The Morgan fingerprint density at radius 3 is 1.30 bits per heavy atom. The smallest absolute Gasteiger partial charge is 0.371 e. The third kappa shape index (κ3) is 11.0. The van der Waals surface area contributed by atoms with Gasteiger partial charge in [0, 0.05) is 0 Å². The van der Waals surface area contributed by atoms with Crippen molar-refractivity contribution in [2.45, 2.75) is 70.1 Å². The Bertz CT molecular complexity index is 2200. The number of ether oxygens (including phenoxy) is 5. The molecular weight excluding hydrogens is 795 g/mol. The zero-order chi connectivity index (χ0) is 41.7. The van der Waals surface area contributed by atoms with E-state index in [2.05, 4.69) is 0 Å². The Labute approximate surface area is 356 Å². The van der Waals surface area contributed by atoms with Crippen molar-refractivity contribution in [3.8, 4) is 0 Å². The second-order valence-corrected chi connectivity index (χ2v) is 16.8. The van der Waals surface area contributed by atoms with Gasteiger partial charge in [0.1, 0.15) is 0 Å². The highest BCUT2D eigenvalue weighted by atomic mass is 31.2. The van der Waals surface area contributed by atoms with E-state index < -0.39 is 50.1 Å². The maximum absolute atomic E-state index is 16.3. The maximum Gasteiger partial charge on any atom is 0.475 e. The van der Waals surface area contributed by atoms with Crippen molar-refractivity contribution in [3.63, 3.8) is 0 Å². The minimum Gasteiger partial charge on any atom is -0.371 e. The van der Waals surface area contributed by atoms with Gasteiger partial charge in [0.05, 0.1) is 76.4 Å². The Kier molecular flexibility index (Phi) is 14.6. The molecule has 0 radical (unpaired) electrons. The summed E-state index contributed by atoms with van der Waals surface area (Å²) < 4.78 is 82.9. The fourth-order valence-electron chi connectivity index (χ4n) is 7.92. The number of phosphoric ester groups is 1. The summed E-state index contributed by atoms with van der Waals surface area (Å²) in [5.41, 5.74) is 5.12. The Morgan fingerprint density at radius 2 is 0.869 bits per heavy atom. The SMILES string of the molecule is O=P(OCc1ccccc1)(OCc1ccccc1)OCC(OCc1ccccc1)C1C(OCc2ccccc2)C(OCc2ccccc2)C2C(F)OC21OCc1ccccc1. The van der Waals surface area contributed by atoms with Crippen LogP contribution in [0.25, 0.3) is 0 Å². The lowest BCUT2D eigenvalue weighted by Gasteiger charge is -2.51. The molecule has 11 heteroatoms. The van der Waals surface area contributed by atoms with Crippen molar-refractivity contribution in [1.29, 1.82) is 0 Å². The van der Waals surface area contributed by atoms with Gasteiger partial charge >= 0.3 is 7.82 Å². The molecule has 6 aromatic carbocycles. The summed E-state index contributed by atoms with van der Waals surface area (Å²) in [7, 11) is -4.31. The number of hydrogen-bond donors (Lipinski definition) is 0. The molecule has 7 unspecified atom stereocenters. The minimum absolute atomic E-state index is 0.0388. The fraction of sp³-hybridized carbons (Fsp3) is 0.280. The van der Waals surface area contributed by atoms with Gasteiger partial charge in [0.25, 0.3) is 0 Å². The molecule has 316 valence electrons. The Hall–Kier alpha value is -4.84. The van der Waals surface area contributed by atoms with Crippen molar-refractivity contribution in [1.82, 2.24) is 0 Å². The largest absolute Gasteiger partial charge is 0.475 e. The van der Waals surface area contributed by atoms with E-state index in [1.807, 2.05) is 182 Å². The molecule has 9 nitrogen and oxygen atoms in total. The zero-order valence-corrected chi connectivity index (χ0v) is 34.6. The lowest BCUT2D eigenvalue weighted by molar-refractivity contribution is -0.435. The standard InChI is InChI=1S/C50H50FO9P/c51-49-46-48(55-33-40-23-11-3-12-24-40)47(54-32-39-21-9-2-10-22-39)45(50(46,60-49)56-34-41-25-13-4-14-26-41)44(53-31-38-19-7-1-8-20-38)37-59-61(52,57-35-42-27-15-5-16-28-42)58-36-43-29-17-6-18-30-43/h1-30,44-49H,31-37H2. The zero-order valence-electron chi connectivity index (χ0n) is 33.7. The number of phosphoric acid groups is 1. The molecule has 0 amide bonds. The van der Waals surface area contributed by atoms with Crippen LogP contribution in [0.2, 0.25) is 0 Å². The summed E-state index contributed by atoms with van der Waals surface area (Å²) >= 11 is 0. The highest BCUT2D eigenvalue weighted by molar-refractivity contribution is 7.48. The molecular formula is C50H50FO9P. The van der Waals surface area contributed by atoms with Crippen LogP contribution in [0.15, 0.2) is 182 Å². The molecule has 0 aromatic heterocycles. The van der Waals surface area contributed by atoms with Gasteiger partial charge in [-0.1, -0.05) is 182 Å². The van der Waals surface area contributed by atoms with Crippen molar-refractivity contribution in [2.75, 3.05) is 6.61 Å². The number of fused-ring (bicyclic) bond motifs is 1. The normalized spacial score (nSPS) is 22.6. The lowest BCUT2D eigenvalue weighted by Crippen LogP contribution is -2.64. The Balaban J connectivity index is 1.16. The van der Waals surface area contributed by atoms with Crippen LogP contribution in [-0.2, 0) is 81.5 Å². The van der Waals surface area contributed by atoms with Crippen molar-refractivity contribution >= 4 is 7.82 Å². The first-order valence-corrected chi connectivity index (χ1v) is 22.0. The summed E-state index contributed by atoms with van der Waals surface area (Å²) in [6.07, 6.45) is -4.43. The van der Waals surface area contributed by atoms with Crippen molar-refractivity contribution < 1.29 is 46.2 Å². The van der Waals surface area contributed by atoms with Crippen LogP contribution < -0.4 is 0 Å². The average molecular weight is 845 g/mol. The number of hydrogen-bond acceptors (Lipinski definition) is 9. The number of halogens is 1. The average Bonchev–Trinajstić information content (AvgIpc) is 3.53. The van der Waals surface area contributed by atoms with E-state index in [-0.39, 0.29) is 46.2 Å². The first kappa shape index (κ1) is 42.8. The van der Waals surface area contributed by atoms with Gasteiger partial charge in [-0.25, -0.2) is 8.96 Å². The van der Waals surface area contributed by atoms with Gasteiger partial charge < -0.3 is 23.7 Å². The van der Waals surface area contributed by atoms with Crippen LogP contribution in [0.3, 0.4) is 0 Å². The summed E-state index contributed by atoms with van der Waals surface area (Å²) in [5.74, 6) is -3.41.